The first-order valence-corrected chi connectivity index (χ1v) is 6.40. The molecule has 0 spiro atoms. The van der Waals surface area contributed by atoms with Gasteiger partial charge in [-0.2, -0.15) is 5.26 Å². The predicted octanol–water partition coefficient (Wildman–Crippen LogP) is 1.35. The van der Waals surface area contributed by atoms with Crippen molar-refractivity contribution in [3.8, 4) is 6.07 Å². The first-order chi connectivity index (χ1) is 8.76. The second kappa shape index (κ2) is 4.54. The molecule has 0 aromatic carbocycles. The van der Waals surface area contributed by atoms with Crippen LogP contribution in [0.2, 0.25) is 0 Å². The number of aromatic nitrogens is 2. The fraction of sp³-hybridized carbons (Fsp3) is 0.615. The van der Waals surface area contributed by atoms with Crippen molar-refractivity contribution in [2.75, 3.05) is 18.0 Å². The van der Waals surface area contributed by atoms with Gasteiger partial charge in [0.15, 0.2) is 0 Å². The maximum atomic E-state index is 8.84. The summed E-state index contributed by atoms with van der Waals surface area (Å²) in [6.45, 7) is 3.79. The fourth-order valence-corrected chi connectivity index (χ4v) is 2.48. The Hall–Kier alpha value is -1.67. The number of hydrogen-bond acceptors (Lipinski definition) is 5. The molecule has 2 fully saturated rings. The van der Waals surface area contributed by atoms with Gasteiger partial charge >= 0.3 is 0 Å². The zero-order valence-electron chi connectivity index (χ0n) is 10.4. The van der Waals surface area contributed by atoms with Gasteiger partial charge in [-0.15, -0.1) is 0 Å². The van der Waals surface area contributed by atoms with Crippen molar-refractivity contribution in [3.05, 3.63) is 18.1 Å². The lowest BCUT2D eigenvalue weighted by atomic mass is 10.1. The maximum absolute atomic E-state index is 8.84. The van der Waals surface area contributed by atoms with E-state index in [0.717, 1.165) is 18.9 Å². The molecule has 1 saturated heterocycles. The number of morpholine rings is 1. The Labute approximate surface area is 106 Å². The summed E-state index contributed by atoms with van der Waals surface area (Å²) < 4.78 is 5.97. The normalized spacial score (nSPS) is 27.9. The molecule has 0 amide bonds. The Kier molecular flexibility index (Phi) is 2.88. The van der Waals surface area contributed by atoms with Crippen LogP contribution < -0.4 is 4.90 Å². The third-order valence-electron chi connectivity index (χ3n) is 3.50. The molecule has 5 heteroatoms. The van der Waals surface area contributed by atoms with Gasteiger partial charge in [0.25, 0.3) is 0 Å². The van der Waals surface area contributed by atoms with Crippen molar-refractivity contribution in [1.29, 1.82) is 5.26 Å². The van der Waals surface area contributed by atoms with E-state index in [0.29, 0.717) is 12.0 Å². The molecule has 1 aromatic heterocycles. The largest absolute Gasteiger partial charge is 0.371 e. The van der Waals surface area contributed by atoms with Gasteiger partial charge in [-0.3, -0.25) is 0 Å². The average molecular weight is 244 g/mol. The van der Waals surface area contributed by atoms with E-state index in [4.69, 9.17) is 10.00 Å². The van der Waals surface area contributed by atoms with E-state index in [-0.39, 0.29) is 11.9 Å². The van der Waals surface area contributed by atoms with Crippen molar-refractivity contribution < 1.29 is 4.74 Å². The van der Waals surface area contributed by atoms with Crippen LogP contribution in [0.5, 0.6) is 0 Å². The van der Waals surface area contributed by atoms with Crippen molar-refractivity contribution in [1.82, 2.24) is 9.97 Å². The number of rotatable bonds is 2. The van der Waals surface area contributed by atoms with Gasteiger partial charge in [0.05, 0.1) is 12.2 Å². The average Bonchev–Trinajstić information content (AvgIpc) is 3.22. The first-order valence-electron chi connectivity index (χ1n) is 6.40. The highest BCUT2D eigenvalue weighted by molar-refractivity contribution is 5.40. The van der Waals surface area contributed by atoms with E-state index in [1.165, 1.54) is 12.8 Å². The van der Waals surface area contributed by atoms with E-state index in [2.05, 4.69) is 21.8 Å². The Bertz CT molecular complexity index is 480. The Morgan fingerprint density at radius 3 is 3.00 bits per heavy atom. The summed E-state index contributed by atoms with van der Waals surface area (Å²) in [5, 5.41) is 8.84. The van der Waals surface area contributed by atoms with Crippen molar-refractivity contribution >= 4 is 5.82 Å². The van der Waals surface area contributed by atoms with E-state index in [1.807, 2.05) is 12.1 Å². The third-order valence-corrected chi connectivity index (χ3v) is 3.50. The Morgan fingerprint density at radius 2 is 2.28 bits per heavy atom. The number of nitrogens with zero attached hydrogens (tertiary/aromatic N) is 4. The van der Waals surface area contributed by atoms with E-state index in [9.17, 15) is 0 Å². The molecule has 0 N–H and O–H groups in total. The summed E-state index contributed by atoms with van der Waals surface area (Å²) in [5.41, 5.74) is 0. The quantitative estimate of drug-likeness (QED) is 0.786. The van der Waals surface area contributed by atoms with Gasteiger partial charge in [-0.05, 0) is 31.7 Å². The summed E-state index contributed by atoms with van der Waals surface area (Å²) in [7, 11) is 0. The lowest BCUT2D eigenvalue weighted by Gasteiger charge is -2.37. The highest BCUT2D eigenvalue weighted by atomic mass is 16.5. The van der Waals surface area contributed by atoms with Gasteiger partial charge in [0.1, 0.15) is 11.9 Å². The van der Waals surface area contributed by atoms with E-state index in [1.54, 1.807) is 6.20 Å². The van der Waals surface area contributed by atoms with Crippen molar-refractivity contribution in [2.24, 2.45) is 5.92 Å². The zero-order valence-corrected chi connectivity index (χ0v) is 10.4. The van der Waals surface area contributed by atoms with Crippen molar-refractivity contribution in [2.45, 2.75) is 32.0 Å². The summed E-state index contributed by atoms with van der Waals surface area (Å²) in [6.07, 6.45) is 4.73. The maximum Gasteiger partial charge on any atom is 0.234 e. The molecule has 2 atom stereocenters. The molecule has 18 heavy (non-hydrogen) atoms. The smallest absolute Gasteiger partial charge is 0.234 e. The number of nitriles is 1. The highest BCUT2D eigenvalue weighted by Gasteiger charge is 2.37. The van der Waals surface area contributed by atoms with Crippen LogP contribution in [0.15, 0.2) is 12.3 Å². The molecule has 1 aliphatic heterocycles. The second-order valence-corrected chi connectivity index (χ2v) is 5.08. The molecule has 1 aromatic rings. The van der Waals surface area contributed by atoms with Crippen LogP contribution in [0, 0.1) is 17.2 Å². The van der Waals surface area contributed by atoms with Crippen LogP contribution >= 0.6 is 0 Å². The fourth-order valence-electron chi connectivity index (χ4n) is 2.48. The lowest BCUT2D eigenvalue weighted by molar-refractivity contribution is -0.0273. The summed E-state index contributed by atoms with van der Waals surface area (Å²) >= 11 is 0. The van der Waals surface area contributed by atoms with E-state index >= 15 is 0 Å². The van der Waals surface area contributed by atoms with Gasteiger partial charge in [0.2, 0.25) is 5.82 Å². The number of ether oxygens (including phenoxy) is 1. The second-order valence-electron chi connectivity index (χ2n) is 5.08. The molecule has 1 aliphatic carbocycles. The number of anilines is 1. The Morgan fingerprint density at radius 1 is 1.44 bits per heavy atom. The summed E-state index contributed by atoms with van der Waals surface area (Å²) in [4.78, 5) is 10.4. The van der Waals surface area contributed by atoms with Gasteiger partial charge in [-0.25, -0.2) is 9.97 Å². The monoisotopic (exact) mass is 244 g/mol. The van der Waals surface area contributed by atoms with Gasteiger partial charge in [-0.1, -0.05) is 0 Å². The molecule has 0 unspecified atom stereocenters. The molecular formula is C13H16N4O. The summed E-state index contributed by atoms with van der Waals surface area (Å²) in [5.74, 6) is 1.78. The van der Waals surface area contributed by atoms with Crippen LogP contribution in [-0.4, -0.2) is 35.3 Å². The third kappa shape index (κ3) is 2.29. The number of hydrogen-bond donors (Lipinski definition) is 0. The minimum atomic E-state index is 0.213. The minimum absolute atomic E-state index is 0.213. The van der Waals surface area contributed by atoms with Crippen LogP contribution in [-0.2, 0) is 4.74 Å². The molecule has 94 valence electrons. The molecular weight excluding hydrogens is 228 g/mol. The van der Waals surface area contributed by atoms with Gasteiger partial charge < -0.3 is 9.64 Å². The molecule has 5 nitrogen and oxygen atoms in total. The van der Waals surface area contributed by atoms with Crippen LogP contribution in [0.4, 0.5) is 5.82 Å². The van der Waals surface area contributed by atoms with Crippen molar-refractivity contribution in [3.63, 3.8) is 0 Å². The molecule has 3 rings (SSSR count). The SMILES string of the molecule is C[C@H]1CN(c2ccnc(C#N)n2)C[C@H](C2CC2)O1. The summed E-state index contributed by atoms with van der Waals surface area (Å²) in [6, 6.07) is 3.85. The standard InChI is InChI=1S/C13H16N4O/c1-9-7-17(8-11(18-9)10-2-3-10)13-4-5-15-12(6-14)16-13/h4-5,9-11H,2-3,7-8H2,1H3/t9-,11+/m0/s1. The first kappa shape index (κ1) is 11.4. The highest BCUT2D eigenvalue weighted by Crippen LogP contribution is 2.37. The van der Waals surface area contributed by atoms with Crippen LogP contribution in [0.1, 0.15) is 25.6 Å². The zero-order chi connectivity index (χ0) is 12.5. The molecule has 2 aliphatic rings. The molecule has 0 radical (unpaired) electrons. The minimum Gasteiger partial charge on any atom is -0.371 e. The molecule has 2 heterocycles. The molecule has 1 saturated carbocycles. The predicted molar refractivity (Wildman–Crippen MR) is 66.0 cm³/mol. The van der Waals surface area contributed by atoms with Crippen LogP contribution in [0.3, 0.4) is 0 Å². The molecule has 0 bridgehead atoms. The topological polar surface area (TPSA) is 62.0 Å². The van der Waals surface area contributed by atoms with Crippen LogP contribution in [0.25, 0.3) is 0 Å². The van der Waals surface area contributed by atoms with Gasteiger partial charge in [0, 0.05) is 19.3 Å². The lowest BCUT2D eigenvalue weighted by Crippen LogP contribution is -2.47. The Balaban J connectivity index is 1.79. The van der Waals surface area contributed by atoms with E-state index < -0.39 is 0 Å².